The highest BCUT2D eigenvalue weighted by Crippen LogP contribution is 2.27. The van der Waals surface area contributed by atoms with Crippen LogP contribution < -0.4 is 10.2 Å². The topological polar surface area (TPSA) is 61.0 Å². The van der Waals surface area contributed by atoms with E-state index in [0.29, 0.717) is 5.56 Å². The second-order valence-electron chi connectivity index (χ2n) is 5.89. The minimum Gasteiger partial charge on any atom is -0.353 e. The van der Waals surface area contributed by atoms with Crippen LogP contribution in [0.4, 0.5) is 5.82 Å². The molecule has 0 saturated carbocycles. The van der Waals surface area contributed by atoms with Crippen LogP contribution in [0.5, 0.6) is 0 Å². The van der Waals surface area contributed by atoms with Crippen LogP contribution in [0.15, 0.2) is 53.9 Å². The molecule has 3 heterocycles. The fraction of sp³-hybridized carbons (Fsp3) is 0.222. The highest BCUT2D eigenvalue weighted by molar-refractivity contribution is 7.13. The number of amides is 1. The van der Waals surface area contributed by atoms with Gasteiger partial charge in [-0.25, -0.2) is 0 Å². The van der Waals surface area contributed by atoms with Gasteiger partial charge in [0.05, 0.1) is 10.6 Å². The summed E-state index contributed by atoms with van der Waals surface area (Å²) in [6, 6.07) is 15.7. The van der Waals surface area contributed by atoms with Gasteiger partial charge in [-0.1, -0.05) is 24.3 Å². The van der Waals surface area contributed by atoms with Gasteiger partial charge in [0.2, 0.25) is 0 Å². The van der Waals surface area contributed by atoms with Gasteiger partial charge in [0.1, 0.15) is 0 Å². The molecule has 0 spiro atoms. The quantitative estimate of drug-likeness (QED) is 0.768. The summed E-state index contributed by atoms with van der Waals surface area (Å²) in [5, 5.41) is 12.7. The van der Waals surface area contributed by atoms with Crippen LogP contribution in [0.1, 0.15) is 16.8 Å². The van der Waals surface area contributed by atoms with E-state index in [0.717, 1.165) is 31.0 Å². The van der Waals surface area contributed by atoms with Crippen molar-refractivity contribution >= 4 is 23.1 Å². The molecule has 1 unspecified atom stereocenters. The zero-order chi connectivity index (χ0) is 16.4. The molecule has 0 bridgehead atoms. The largest absolute Gasteiger partial charge is 0.353 e. The molecule has 122 valence electrons. The van der Waals surface area contributed by atoms with Crippen LogP contribution >= 0.6 is 11.3 Å². The van der Waals surface area contributed by atoms with E-state index in [-0.39, 0.29) is 11.9 Å². The molecule has 5 nitrogen and oxygen atoms in total. The van der Waals surface area contributed by atoms with Gasteiger partial charge in [-0.2, -0.15) is 5.10 Å². The van der Waals surface area contributed by atoms with Crippen molar-refractivity contribution in [1.29, 1.82) is 0 Å². The van der Waals surface area contributed by atoms with Gasteiger partial charge in [-0.05, 0) is 30.0 Å². The zero-order valence-corrected chi connectivity index (χ0v) is 13.9. The third kappa shape index (κ3) is 3.05. The number of hydrogen-bond donors (Lipinski definition) is 2. The van der Waals surface area contributed by atoms with Crippen LogP contribution in [0.3, 0.4) is 0 Å². The standard InChI is InChI=1S/C18H18N4OS/c23-18(13-5-2-1-3-6-13)19-14-8-9-22(12-14)17-11-15(20-21-17)16-7-4-10-24-16/h1-7,10-11,14H,8-9,12H2,(H,19,23)(H,20,21). The van der Waals surface area contributed by atoms with Crippen molar-refractivity contribution in [3.05, 3.63) is 59.5 Å². The van der Waals surface area contributed by atoms with Crippen LogP contribution in [-0.4, -0.2) is 35.2 Å². The zero-order valence-electron chi connectivity index (χ0n) is 13.1. The Morgan fingerprint density at radius 2 is 2.12 bits per heavy atom. The molecule has 2 N–H and O–H groups in total. The molecule has 1 saturated heterocycles. The number of rotatable bonds is 4. The van der Waals surface area contributed by atoms with E-state index in [1.165, 1.54) is 4.88 Å². The third-order valence-electron chi connectivity index (χ3n) is 4.23. The second kappa shape index (κ2) is 6.49. The number of H-pyrrole nitrogens is 1. The first-order valence-corrected chi connectivity index (χ1v) is 8.88. The number of hydrogen-bond acceptors (Lipinski definition) is 4. The Morgan fingerprint density at radius 1 is 1.25 bits per heavy atom. The number of anilines is 1. The Labute approximate surface area is 144 Å². The molecule has 6 heteroatoms. The van der Waals surface area contributed by atoms with Crippen molar-refractivity contribution < 1.29 is 4.79 Å². The van der Waals surface area contributed by atoms with Crippen molar-refractivity contribution in [3.8, 4) is 10.6 Å². The van der Waals surface area contributed by atoms with E-state index < -0.39 is 0 Å². The summed E-state index contributed by atoms with van der Waals surface area (Å²) >= 11 is 1.69. The Hall–Kier alpha value is -2.60. The highest BCUT2D eigenvalue weighted by Gasteiger charge is 2.26. The van der Waals surface area contributed by atoms with Crippen LogP contribution in [0, 0.1) is 0 Å². The summed E-state index contributed by atoms with van der Waals surface area (Å²) in [7, 11) is 0. The molecular formula is C18H18N4OS. The summed E-state index contributed by atoms with van der Waals surface area (Å²) < 4.78 is 0. The maximum atomic E-state index is 12.3. The molecule has 0 radical (unpaired) electrons. The van der Waals surface area contributed by atoms with Gasteiger partial charge in [0.25, 0.3) is 5.91 Å². The lowest BCUT2D eigenvalue weighted by atomic mass is 10.2. The maximum absolute atomic E-state index is 12.3. The average molecular weight is 338 g/mol. The first-order chi connectivity index (χ1) is 11.8. The minimum absolute atomic E-state index is 0.0104. The number of benzene rings is 1. The lowest BCUT2D eigenvalue weighted by Crippen LogP contribution is -2.37. The molecule has 4 rings (SSSR count). The second-order valence-corrected chi connectivity index (χ2v) is 6.84. The molecule has 24 heavy (non-hydrogen) atoms. The number of nitrogens with one attached hydrogen (secondary N) is 2. The number of thiophene rings is 1. The third-order valence-corrected chi connectivity index (χ3v) is 5.14. The Bertz CT molecular complexity index is 813. The number of nitrogens with zero attached hydrogens (tertiary/aromatic N) is 2. The molecule has 1 aliphatic heterocycles. The number of carbonyl (C=O) groups excluding carboxylic acids is 1. The van der Waals surface area contributed by atoms with Crippen molar-refractivity contribution in [2.24, 2.45) is 0 Å². The van der Waals surface area contributed by atoms with Crippen LogP contribution in [0.2, 0.25) is 0 Å². The lowest BCUT2D eigenvalue weighted by Gasteiger charge is -2.16. The van der Waals surface area contributed by atoms with E-state index in [2.05, 4.69) is 37.9 Å². The fourth-order valence-electron chi connectivity index (χ4n) is 2.98. The molecule has 1 aliphatic rings. The van der Waals surface area contributed by atoms with Crippen molar-refractivity contribution in [2.75, 3.05) is 18.0 Å². The normalized spacial score (nSPS) is 17.2. The van der Waals surface area contributed by atoms with Gasteiger partial charge in [-0.15, -0.1) is 11.3 Å². The van der Waals surface area contributed by atoms with Gasteiger partial charge in [0.15, 0.2) is 5.82 Å². The van der Waals surface area contributed by atoms with Crippen molar-refractivity contribution in [3.63, 3.8) is 0 Å². The molecule has 1 aromatic carbocycles. The Morgan fingerprint density at radius 3 is 2.92 bits per heavy atom. The summed E-state index contributed by atoms with van der Waals surface area (Å²) in [6.45, 7) is 1.68. The predicted molar refractivity (Wildman–Crippen MR) is 96.4 cm³/mol. The lowest BCUT2D eigenvalue weighted by molar-refractivity contribution is 0.0940. The molecule has 2 aromatic heterocycles. The summed E-state index contributed by atoms with van der Waals surface area (Å²) in [6.07, 6.45) is 0.930. The van der Waals surface area contributed by atoms with Crippen LogP contribution in [0.25, 0.3) is 10.6 Å². The average Bonchev–Trinajstić information content (AvgIpc) is 3.36. The molecular weight excluding hydrogens is 320 g/mol. The summed E-state index contributed by atoms with van der Waals surface area (Å²) in [4.78, 5) is 15.6. The fourth-order valence-corrected chi connectivity index (χ4v) is 3.67. The first kappa shape index (κ1) is 15.0. The Balaban J connectivity index is 1.39. The van der Waals surface area contributed by atoms with E-state index in [1.807, 2.05) is 36.4 Å². The van der Waals surface area contributed by atoms with E-state index in [4.69, 9.17) is 0 Å². The van der Waals surface area contributed by atoms with E-state index >= 15 is 0 Å². The maximum Gasteiger partial charge on any atom is 0.251 e. The molecule has 3 aromatic rings. The number of aromatic amines is 1. The van der Waals surface area contributed by atoms with Crippen molar-refractivity contribution in [1.82, 2.24) is 15.5 Å². The smallest absolute Gasteiger partial charge is 0.251 e. The number of carbonyl (C=O) groups is 1. The van der Waals surface area contributed by atoms with Gasteiger partial charge < -0.3 is 10.2 Å². The monoisotopic (exact) mass is 338 g/mol. The molecule has 1 amide bonds. The van der Waals surface area contributed by atoms with E-state index in [9.17, 15) is 4.79 Å². The van der Waals surface area contributed by atoms with Gasteiger partial charge in [-0.3, -0.25) is 9.89 Å². The predicted octanol–water partition coefficient (Wildman–Crippen LogP) is 3.15. The molecule has 0 aliphatic carbocycles. The van der Waals surface area contributed by atoms with Crippen molar-refractivity contribution in [2.45, 2.75) is 12.5 Å². The van der Waals surface area contributed by atoms with Crippen LogP contribution in [-0.2, 0) is 0 Å². The van der Waals surface area contributed by atoms with Gasteiger partial charge in [0, 0.05) is 30.8 Å². The summed E-state index contributed by atoms with van der Waals surface area (Å²) in [5.74, 6) is 0.929. The Kier molecular flexibility index (Phi) is 4.04. The number of aromatic nitrogens is 2. The molecule has 1 atom stereocenters. The SMILES string of the molecule is O=C(NC1CCN(c2cc(-c3cccs3)[nH]n2)C1)c1ccccc1. The minimum atomic E-state index is -0.0104. The van der Waals surface area contributed by atoms with E-state index in [1.54, 1.807) is 11.3 Å². The first-order valence-electron chi connectivity index (χ1n) is 8.00. The summed E-state index contributed by atoms with van der Waals surface area (Å²) in [5.41, 5.74) is 1.74. The highest BCUT2D eigenvalue weighted by atomic mass is 32.1. The van der Waals surface area contributed by atoms with Gasteiger partial charge >= 0.3 is 0 Å². The molecule has 1 fully saturated rings.